The van der Waals surface area contributed by atoms with Crippen LogP contribution in [-0.4, -0.2) is 13.1 Å². The third-order valence-electron chi connectivity index (χ3n) is 1.15. The molecule has 0 atom stereocenters. The first-order valence-corrected chi connectivity index (χ1v) is 3.11. The van der Waals surface area contributed by atoms with E-state index in [0.717, 1.165) is 5.57 Å². The van der Waals surface area contributed by atoms with Crippen LogP contribution in [0.1, 0.15) is 20.8 Å². The number of amides is 1. The maximum Gasteiger partial charge on any atom is 0.412 e. The molecule has 0 aromatic rings. The molecule has 0 spiro atoms. The van der Waals surface area contributed by atoms with Crippen molar-refractivity contribution in [3.05, 3.63) is 11.3 Å². The highest BCUT2D eigenvalue weighted by molar-refractivity contribution is 5.67. The van der Waals surface area contributed by atoms with E-state index in [1.54, 1.807) is 6.92 Å². The minimum absolute atomic E-state index is 0.418. The Morgan fingerprint density at radius 2 is 1.80 bits per heavy atom. The van der Waals surface area contributed by atoms with E-state index in [0.29, 0.717) is 5.76 Å². The lowest BCUT2D eigenvalue weighted by molar-refractivity contribution is 0.177. The van der Waals surface area contributed by atoms with Crippen molar-refractivity contribution in [1.82, 2.24) is 5.32 Å². The third kappa shape index (κ3) is 3.12. The Balaban J connectivity index is 3.92. The van der Waals surface area contributed by atoms with Gasteiger partial charge in [0.25, 0.3) is 0 Å². The van der Waals surface area contributed by atoms with Crippen LogP contribution < -0.4 is 5.32 Å². The molecular formula is C7H13NO2. The number of rotatable bonds is 1. The number of nitrogens with one attached hydrogen (secondary N) is 1. The minimum atomic E-state index is -0.418. The van der Waals surface area contributed by atoms with Gasteiger partial charge in [-0.3, -0.25) is 0 Å². The van der Waals surface area contributed by atoms with Crippen LogP contribution in [0, 0.1) is 0 Å². The van der Waals surface area contributed by atoms with Gasteiger partial charge < -0.3 is 10.1 Å². The first-order valence-electron chi connectivity index (χ1n) is 3.11. The second-order valence-corrected chi connectivity index (χ2v) is 2.20. The van der Waals surface area contributed by atoms with Gasteiger partial charge in [0.15, 0.2) is 0 Å². The van der Waals surface area contributed by atoms with Crippen LogP contribution in [0.4, 0.5) is 4.79 Å². The minimum Gasteiger partial charge on any atom is -0.415 e. The summed E-state index contributed by atoms with van der Waals surface area (Å²) in [5, 5.41) is 2.36. The predicted octanol–water partition coefficient (Wildman–Crippen LogP) is 1.66. The van der Waals surface area contributed by atoms with E-state index in [4.69, 9.17) is 4.74 Å². The highest BCUT2D eigenvalue weighted by Crippen LogP contribution is 2.02. The standard InChI is InChI=1S/C7H13NO2/c1-5(2)6(3)10-7(9)8-4/h1-4H3,(H,8,9). The molecule has 1 N–H and O–H groups in total. The molecule has 0 fully saturated rings. The van der Waals surface area contributed by atoms with Crippen molar-refractivity contribution in [2.45, 2.75) is 20.8 Å². The topological polar surface area (TPSA) is 38.3 Å². The second-order valence-electron chi connectivity index (χ2n) is 2.20. The van der Waals surface area contributed by atoms with E-state index >= 15 is 0 Å². The van der Waals surface area contributed by atoms with Crippen molar-refractivity contribution in [3.8, 4) is 0 Å². The molecule has 58 valence electrons. The van der Waals surface area contributed by atoms with Gasteiger partial charge in [-0.1, -0.05) is 0 Å². The molecule has 0 aliphatic carbocycles. The number of carbonyl (C=O) groups excluding carboxylic acids is 1. The molecule has 0 saturated heterocycles. The van der Waals surface area contributed by atoms with Crippen molar-refractivity contribution in [1.29, 1.82) is 0 Å². The Morgan fingerprint density at radius 3 is 2.10 bits per heavy atom. The predicted molar refractivity (Wildman–Crippen MR) is 39.6 cm³/mol. The zero-order valence-electron chi connectivity index (χ0n) is 6.82. The van der Waals surface area contributed by atoms with Gasteiger partial charge in [-0.05, 0) is 26.3 Å². The molecule has 3 nitrogen and oxygen atoms in total. The average molecular weight is 143 g/mol. The summed E-state index contributed by atoms with van der Waals surface area (Å²) in [5.74, 6) is 0.652. The smallest absolute Gasteiger partial charge is 0.412 e. The molecule has 3 heteroatoms. The van der Waals surface area contributed by atoms with Gasteiger partial charge in [0.1, 0.15) is 5.76 Å². The van der Waals surface area contributed by atoms with Crippen LogP contribution in [0.2, 0.25) is 0 Å². The van der Waals surface area contributed by atoms with E-state index < -0.39 is 6.09 Å². The summed E-state index contributed by atoms with van der Waals surface area (Å²) in [6.07, 6.45) is -0.418. The molecule has 0 radical (unpaired) electrons. The van der Waals surface area contributed by atoms with Crippen LogP contribution >= 0.6 is 0 Å². The normalized spacial score (nSPS) is 8.40. The SMILES string of the molecule is CNC(=O)OC(C)=C(C)C. The molecule has 0 saturated carbocycles. The zero-order chi connectivity index (χ0) is 8.15. The average Bonchev–Trinajstić information content (AvgIpc) is 1.87. The van der Waals surface area contributed by atoms with Crippen LogP contribution in [0.15, 0.2) is 11.3 Å². The summed E-state index contributed by atoms with van der Waals surface area (Å²) >= 11 is 0. The number of hydrogen-bond donors (Lipinski definition) is 1. The van der Waals surface area contributed by atoms with Gasteiger partial charge in [-0.15, -0.1) is 0 Å². The Kier molecular flexibility index (Phi) is 3.54. The maximum atomic E-state index is 10.6. The van der Waals surface area contributed by atoms with E-state index in [1.165, 1.54) is 7.05 Å². The molecule has 0 bridgehead atoms. The first-order chi connectivity index (χ1) is 4.57. The fourth-order valence-electron chi connectivity index (χ4n) is 0.292. The van der Waals surface area contributed by atoms with E-state index in [-0.39, 0.29) is 0 Å². The number of hydrogen-bond acceptors (Lipinski definition) is 2. The molecule has 0 aromatic heterocycles. The highest BCUT2D eigenvalue weighted by atomic mass is 16.6. The molecule has 0 unspecified atom stereocenters. The van der Waals surface area contributed by atoms with Crippen molar-refractivity contribution >= 4 is 6.09 Å². The van der Waals surface area contributed by atoms with Crippen molar-refractivity contribution in [3.63, 3.8) is 0 Å². The monoisotopic (exact) mass is 143 g/mol. The molecule has 0 aromatic carbocycles. The van der Waals surface area contributed by atoms with Crippen LogP contribution in [-0.2, 0) is 4.74 Å². The summed E-state index contributed by atoms with van der Waals surface area (Å²) in [6.45, 7) is 5.53. The maximum absolute atomic E-state index is 10.6. The van der Waals surface area contributed by atoms with Crippen LogP contribution in [0.5, 0.6) is 0 Å². The number of alkyl carbamates (subject to hydrolysis) is 1. The number of carbonyl (C=O) groups is 1. The van der Waals surface area contributed by atoms with Gasteiger partial charge >= 0.3 is 6.09 Å². The second kappa shape index (κ2) is 3.93. The Labute approximate surface area is 61.1 Å². The van der Waals surface area contributed by atoms with E-state index in [2.05, 4.69) is 5.32 Å². The summed E-state index contributed by atoms with van der Waals surface area (Å²) in [7, 11) is 1.53. The first kappa shape index (κ1) is 9.01. The summed E-state index contributed by atoms with van der Waals surface area (Å²) in [6, 6.07) is 0. The molecular weight excluding hydrogens is 130 g/mol. The molecule has 0 heterocycles. The Hall–Kier alpha value is -0.990. The molecule has 1 amide bonds. The number of allylic oxidation sites excluding steroid dienone is 2. The van der Waals surface area contributed by atoms with Gasteiger partial charge in [-0.25, -0.2) is 4.79 Å². The largest absolute Gasteiger partial charge is 0.415 e. The Morgan fingerprint density at radius 1 is 1.30 bits per heavy atom. The number of ether oxygens (including phenoxy) is 1. The van der Waals surface area contributed by atoms with Crippen LogP contribution in [0.3, 0.4) is 0 Å². The van der Waals surface area contributed by atoms with Gasteiger partial charge in [0.05, 0.1) is 0 Å². The van der Waals surface area contributed by atoms with Crippen molar-refractivity contribution in [2.24, 2.45) is 0 Å². The summed E-state index contributed by atoms with van der Waals surface area (Å²) in [4.78, 5) is 10.6. The lowest BCUT2D eigenvalue weighted by Gasteiger charge is -2.03. The van der Waals surface area contributed by atoms with E-state index in [1.807, 2.05) is 13.8 Å². The fourth-order valence-corrected chi connectivity index (χ4v) is 0.292. The Bertz CT molecular complexity index is 157. The summed E-state index contributed by atoms with van der Waals surface area (Å²) < 4.78 is 4.79. The summed E-state index contributed by atoms with van der Waals surface area (Å²) in [5.41, 5.74) is 1.00. The highest BCUT2D eigenvalue weighted by Gasteiger charge is 1.99. The third-order valence-corrected chi connectivity index (χ3v) is 1.15. The molecule has 10 heavy (non-hydrogen) atoms. The lowest BCUT2D eigenvalue weighted by Crippen LogP contribution is -2.18. The van der Waals surface area contributed by atoms with Crippen LogP contribution in [0.25, 0.3) is 0 Å². The quantitative estimate of drug-likeness (QED) is 0.567. The molecule has 0 aliphatic heterocycles. The van der Waals surface area contributed by atoms with Crippen molar-refractivity contribution < 1.29 is 9.53 Å². The fraction of sp³-hybridized carbons (Fsp3) is 0.571. The molecule has 0 rings (SSSR count). The van der Waals surface area contributed by atoms with Gasteiger partial charge in [0.2, 0.25) is 0 Å². The molecule has 0 aliphatic rings. The lowest BCUT2D eigenvalue weighted by atomic mass is 10.3. The van der Waals surface area contributed by atoms with Gasteiger partial charge in [0, 0.05) is 7.05 Å². The van der Waals surface area contributed by atoms with E-state index in [9.17, 15) is 4.79 Å². The van der Waals surface area contributed by atoms with Gasteiger partial charge in [-0.2, -0.15) is 0 Å². The van der Waals surface area contributed by atoms with Crippen molar-refractivity contribution in [2.75, 3.05) is 7.05 Å². The zero-order valence-corrected chi connectivity index (χ0v) is 6.82.